The van der Waals surface area contributed by atoms with Crippen molar-refractivity contribution in [1.82, 2.24) is 10.6 Å². The fourth-order valence-corrected chi connectivity index (χ4v) is 2.60. The number of carbonyl (C=O) groups excluding carboxylic acids is 1. The second-order valence-corrected chi connectivity index (χ2v) is 5.73. The standard InChI is InChI=1S/C13H14Cl2F2N2O.ClH/c1-7(9-4-8(14)2-3-10(9)15)19-12(20)11-5-13(16,17)6-18-11;/h2-4,7,11,18H,5-6H2,1H3,(H,19,20);1H. The number of benzene rings is 1. The molecule has 1 aliphatic rings. The molecule has 2 unspecified atom stereocenters. The van der Waals surface area contributed by atoms with Crippen molar-refractivity contribution < 1.29 is 13.6 Å². The van der Waals surface area contributed by atoms with E-state index in [1.165, 1.54) is 0 Å². The fourth-order valence-electron chi connectivity index (χ4n) is 2.14. The molecule has 0 radical (unpaired) electrons. The van der Waals surface area contributed by atoms with Gasteiger partial charge in [0, 0.05) is 16.5 Å². The van der Waals surface area contributed by atoms with Gasteiger partial charge in [-0.15, -0.1) is 12.4 Å². The van der Waals surface area contributed by atoms with Crippen LogP contribution in [0.3, 0.4) is 0 Å². The summed E-state index contributed by atoms with van der Waals surface area (Å²) in [6, 6.07) is 3.62. The van der Waals surface area contributed by atoms with Crippen molar-refractivity contribution in [1.29, 1.82) is 0 Å². The highest BCUT2D eigenvalue weighted by atomic mass is 35.5. The van der Waals surface area contributed by atoms with Gasteiger partial charge in [0.25, 0.3) is 5.92 Å². The molecule has 1 saturated heterocycles. The highest BCUT2D eigenvalue weighted by molar-refractivity contribution is 6.33. The minimum Gasteiger partial charge on any atom is -0.348 e. The van der Waals surface area contributed by atoms with Crippen LogP contribution in [0.5, 0.6) is 0 Å². The van der Waals surface area contributed by atoms with E-state index in [2.05, 4.69) is 10.6 Å². The van der Waals surface area contributed by atoms with E-state index in [-0.39, 0.29) is 12.4 Å². The Morgan fingerprint density at radius 2 is 2.14 bits per heavy atom. The van der Waals surface area contributed by atoms with Crippen LogP contribution < -0.4 is 10.6 Å². The zero-order chi connectivity index (χ0) is 14.9. The zero-order valence-corrected chi connectivity index (χ0v) is 13.5. The Bertz CT molecular complexity index is 528. The van der Waals surface area contributed by atoms with E-state index in [4.69, 9.17) is 23.2 Å². The molecule has 1 amide bonds. The average molecular weight is 360 g/mol. The molecule has 1 aromatic carbocycles. The number of alkyl halides is 2. The molecule has 3 nitrogen and oxygen atoms in total. The molecule has 0 aliphatic carbocycles. The van der Waals surface area contributed by atoms with E-state index >= 15 is 0 Å². The minimum atomic E-state index is -2.83. The second kappa shape index (κ2) is 7.09. The first-order valence-electron chi connectivity index (χ1n) is 6.15. The maximum atomic E-state index is 13.1. The van der Waals surface area contributed by atoms with E-state index in [9.17, 15) is 13.6 Å². The molecule has 1 aliphatic heterocycles. The molecule has 1 fully saturated rings. The number of rotatable bonds is 3. The predicted octanol–water partition coefficient (Wildman–Crippen LogP) is 3.59. The summed E-state index contributed by atoms with van der Waals surface area (Å²) < 4.78 is 26.1. The van der Waals surface area contributed by atoms with Crippen molar-refractivity contribution in [2.75, 3.05) is 6.54 Å². The summed E-state index contributed by atoms with van der Waals surface area (Å²) in [5.74, 6) is -3.30. The van der Waals surface area contributed by atoms with E-state index in [0.29, 0.717) is 15.6 Å². The Balaban J connectivity index is 0.00000220. The third-order valence-corrected chi connectivity index (χ3v) is 3.79. The van der Waals surface area contributed by atoms with Crippen LogP contribution in [-0.4, -0.2) is 24.4 Å². The normalized spacial score (nSPS) is 21.5. The van der Waals surface area contributed by atoms with Crippen molar-refractivity contribution in [3.8, 4) is 0 Å². The number of hydrogen-bond donors (Lipinski definition) is 2. The van der Waals surface area contributed by atoms with Crippen molar-refractivity contribution in [2.24, 2.45) is 0 Å². The van der Waals surface area contributed by atoms with Crippen LogP contribution in [0.1, 0.15) is 24.9 Å². The molecule has 0 saturated carbocycles. The Morgan fingerprint density at radius 1 is 1.48 bits per heavy atom. The molecule has 2 N–H and O–H groups in total. The van der Waals surface area contributed by atoms with Crippen molar-refractivity contribution >= 4 is 41.5 Å². The van der Waals surface area contributed by atoms with Crippen LogP contribution in [0.25, 0.3) is 0 Å². The van der Waals surface area contributed by atoms with Crippen LogP contribution in [0.4, 0.5) is 8.78 Å². The van der Waals surface area contributed by atoms with Gasteiger partial charge in [-0.2, -0.15) is 0 Å². The summed E-state index contributed by atoms with van der Waals surface area (Å²) in [6.07, 6.45) is -0.491. The summed E-state index contributed by atoms with van der Waals surface area (Å²) in [7, 11) is 0. The molecule has 0 spiro atoms. The summed E-state index contributed by atoms with van der Waals surface area (Å²) >= 11 is 11.9. The minimum absolute atomic E-state index is 0. The Hall–Kier alpha value is -0.620. The molecule has 0 aromatic heterocycles. The summed E-state index contributed by atoms with van der Waals surface area (Å²) in [6.45, 7) is 1.25. The number of hydrogen-bond acceptors (Lipinski definition) is 2. The fraction of sp³-hybridized carbons (Fsp3) is 0.462. The SMILES string of the molecule is CC(NC(=O)C1CC(F)(F)CN1)c1cc(Cl)ccc1Cl.Cl. The third-order valence-electron chi connectivity index (χ3n) is 3.21. The van der Waals surface area contributed by atoms with Gasteiger partial charge in [0.1, 0.15) is 0 Å². The van der Waals surface area contributed by atoms with Crippen LogP contribution >= 0.6 is 35.6 Å². The van der Waals surface area contributed by atoms with Crippen LogP contribution in [0.2, 0.25) is 10.0 Å². The lowest BCUT2D eigenvalue weighted by atomic mass is 10.1. The Labute approximate surface area is 137 Å². The number of halogens is 5. The zero-order valence-electron chi connectivity index (χ0n) is 11.1. The summed E-state index contributed by atoms with van der Waals surface area (Å²) in [5, 5.41) is 6.14. The number of amides is 1. The highest BCUT2D eigenvalue weighted by Gasteiger charge is 2.42. The van der Waals surface area contributed by atoms with E-state index in [1.54, 1.807) is 25.1 Å². The Kier molecular flexibility index (Phi) is 6.23. The molecule has 8 heteroatoms. The first-order chi connectivity index (χ1) is 9.28. The summed E-state index contributed by atoms with van der Waals surface area (Å²) in [5.41, 5.74) is 0.650. The van der Waals surface area contributed by atoms with Crippen LogP contribution in [-0.2, 0) is 4.79 Å². The quantitative estimate of drug-likeness (QED) is 0.866. The molecule has 0 bridgehead atoms. The van der Waals surface area contributed by atoms with Crippen molar-refractivity contribution in [3.63, 3.8) is 0 Å². The molecule has 21 heavy (non-hydrogen) atoms. The lowest BCUT2D eigenvalue weighted by molar-refractivity contribution is -0.124. The topological polar surface area (TPSA) is 41.1 Å². The maximum absolute atomic E-state index is 13.1. The lowest BCUT2D eigenvalue weighted by Crippen LogP contribution is -2.41. The Morgan fingerprint density at radius 3 is 2.71 bits per heavy atom. The third kappa shape index (κ3) is 4.68. The molecular formula is C13H15Cl3F2N2O. The van der Waals surface area contributed by atoms with Gasteiger partial charge in [0.15, 0.2) is 0 Å². The smallest absolute Gasteiger partial charge is 0.262 e. The molecule has 2 atom stereocenters. The van der Waals surface area contributed by atoms with Crippen molar-refractivity contribution in [2.45, 2.75) is 31.4 Å². The van der Waals surface area contributed by atoms with Crippen molar-refractivity contribution in [3.05, 3.63) is 33.8 Å². The number of carbonyl (C=O) groups is 1. The van der Waals surface area contributed by atoms with Gasteiger partial charge in [0.2, 0.25) is 5.91 Å². The predicted molar refractivity (Wildman–Crippen MR) is 81.6 cm³/mol. The van der Waals surface area contributed by atoms with Gasteiger partial charge in [-0.1, -0.05) is 23.2 Å². The average Bonchev–Trinajstić information content (AvgIpc) is 2.72. The largest absolute Gasteiger partial charge is 0.348 e. The first-order valence-corrected chi connectivity index (χ1v) is 6.90. The molecular weight excluding hydrogens is 345 g/mol. The summed E-state index contributed by atoms with van der Waals surface area (Å²) in [4.78, 5) is 11.9. The van der Waals surface area contributed by atoms with E-state index in [1.807, 2.05) is 0 Å². The molecule has 1 aromatic rings. The maximum Gasteiger partial charge on any atom is 0.262 e. The van der Waals surface area contributed by atoms with Gasteiger partial charge in [-0.3, -0.25) is 10.1 Å². The molecule has 1 heterocycles. The monoisotopic (exact) mass is 358 g/mol. The van der Waals surface area contributed by atoms with Crippen LogP contribution in [0.15, 0.2) is 18.2 Å². The van der Waals surface area contributed by atoms with Crippen LogP contribution in [0, 0.1) is 0 Å². The van der Waals surface area contributed by atoms with Gasteiger partial charge in [-0.25, -0.2) is 8.78 Å². The second-order valence-electron chi connectivity index (χ2n) is 4.89. The number of nitrogens with one attached hydrogen (secondary N) is 2. The molecule has 2 rings (SSSR count). The van der Waals surface area contributed by atoms with Gasteiger partial charge in [-0.05, 0) is 30.7 Å². The van der Waals surface area contributed by atoms with Gasteiger partial charge in [0.05, 0.1) is 18.6 Å². The van der Waals surface area contributed by atoms with Gasteiger partial charge >= 0.3 is 0 Å². The van der Waals surface area contributed by atoms with E-state index < -0.39 is 36.9 Å². The van der Waals surface area contributed by atoms with Gasteiger partial charge < -0.3 is 5.32 Å². The first kappa shape index (κ1) is 18.4. The van der Waals surface area contributed by atoms with E-state index in [0.717, 1.165) is 0 Å². The highest BCUT2D eigenvalue weighted by Crippen LogP contribution is 2.28. The molecule has 118 valence electrons. The lowest BCUT2D eigenvalue weighted by Gasteiger charge is -2.18.